The number of hydrogen-bond acceptors (Lipinski definition) is 2. The summed E-state index contributed by atoms with van der Waals surface area (Å²) in [6.07, 6.45) is 7.30. The Morgan fingerprint density at radius 3 is 3.00 bits per heavy atom. The van der Waals surface area contributed by atoms with Crippen molar-refractivity contribution in [3.63, 3.8) is 0 Å². The maximum absolute atomic E-state index is 10.7. The second-order valence-corrected chi connectivity index (χ2v) is 4.65. The summed E-state index contributed by atoms with van der Waals surface area (Å²) in [5.41, 5.74) is 0.186. The van der Waals surface area contributed by atoms with E-state index in [-0.39, 0.29) is 0 Å². The smallest absolute Gasteiger partial charge is 0.111 e. The SMILES string of the molecule is CCC1CCCCC1(O)c1ccn(C)n1. The Morgan fingerprint density at radius 1 is 1.60 bits per heavy atom. The Bertz CT molecular complexity index is 334. The van der Waals surface area contributed by atoms with Crippen LogP contribution in [0, 0.1) is 5.92 Å². The molecule has 2 rings (SSSR count). The van der Waals surface area contributed by atoms with Crippen molar-refractivity contribution in [2.45, 2.75) is 44.6 Å². The highest BCUT2D eigenvalue weighted by atomic mass is 16.3. The molecule has 3 heteroatoms. The number of nitrogens with zero attached hydrogens (tertiary/aromatic N) is 2. The average Bonchev–Trinajstić information content (AvgIpc) is 2.66. The van der Waals surface area contributed by atoms with Crippen LogP contribution in [0.4, 0.5) is 0 Å². The molecule has 0 spiro atoms. The highest BCUT2D eigenvalue weighted by molar-refractivity contribution is 5.13. The molecule has 0 amide bonds. The predicted octanol–water partition coefficient (Wildman–Crippen LogP) is 2.21. The van der Waals surface area contributed by atoms with Gasteiger partial charge in [-0.1, -0.05) is 26.2 Å². The topological polar surface area (TPSA) is 38.0 Å². The Kier molecular flexibility index (Phi) is 2.83. The van der Waals surface area contributed by atoms with Crippen molar-refractivity contribution < 1.29 is 5.11 Å². The van der Waals surface area contributed by atoms with Crippen LogP contribution in [0.1, 0.15) is 44.7 Å². The molecule has 84 valence electrons. The van der Waals surface area contributed by atoms with E-state index in [2.05, 4.69) is 12.0 Å². The number of hydrogen-bond donors (Lipinski definition) is 1. The van der Waals surface area contributed by atoms with E-state index >= 15 is 0 Å². The van der Waals surface area contributed by atoms with Gasteiger partial charge in [-0.15, -0.1) is 0 Å². The standard InChI is InChI=1S/C12H20N2O/c1-3-10-6-4-5-8-12(10,15)11-7-9-14(2)13-11/h7,9-10,15H,3-6,8H2,1-2H3. The molecule has 2 atom stereocenters. The maximum atomic E-state index is 10.7. The minimum Gasteiger partial charge on any atom is -0.383 e. The van der Waals surface area contributed by atoms with E-state index < -0.39 is 5.60 Å². The normalized spacial score (nSPS) is 31.8. The van der Waals surface area contributed by atoms with E-state index in [1.165, 1.54) is 6.42 Å². The Hall–Kier alpha value is -0.830. The molecule has 3 nitrogen and oxygen atoms in total. The molecule has 15 heavy (non-hydrogen) atoms. The summed E-state index contributed by atoms with van der Waals surface area (Å²) in [5.74, 6) is 0.376. The van der Waals surface area contributed by atoms with Crippen LogP contribution in [0.2, 0.25) is 0 Å². The average molecular weight is 208 g/mol. The van der Waals surface area contributed by atoms with Gasteiger partial charge in [0.1, 0.15) is 5.60 Å². The summed E-state index contributed by atoms with van der Waals surface area (Å²) >= 11 is 0. The van der Waals surface area contributed by atoms with E-state index in [9.17, 15) is 5.11 Å². The van der Waals surface area contributed by atoms with Crippen molar-refractivity contribution in [2.75, 3.05) is 0 Å². The first kappa shape index (κ1) is 10.7. The highest BCUT2D eigenvalue weighted by Gasteiger charge is 2.40. The van der Waals surface area contributed by atoms with Gasteiger partial charge >= 0.3 is 0 Å². The summed E-state index contributed by atoms with van der Waals surface area (Å²) in [7, 11) is 1.90. The number of aryl methyl sites for hydroxylation is 1. The summed E-state index contributed by atoms with van der Waals surface area (Å²) in [5, 5.41) is 15.1. The van der Waals surface area contributed by atoms with E-state index in [0.29, 0.717) is 5.92 Å². The number of aromatic nitrogens is 2. The van der Waals surface area contributed by atoms with Crippen LogP contribution in [0.25, 0.3) is 0 Å². The van der Waals surface area contributed by atoms with Crippen molar-refractivity contribution in [3.05, 3.63) is 18.0 Å². The molecule has 0 radical (unpaired) electrons. The zero-order chi connectivity index (χ0) is 10.9. The molecule has 0 aromatic carbocycles. The van der Waals surface area contributed by atoms with Gasteiger partial charge in [0, 0.05) is 13.2 Å². The molecule has 0 bridgehead atoms. The number of aliphatic hydroxyl groups is 1. The molecule has 0 aliphatic heterocycles. The van der Waals surface area contributed by atoms with Gasteiger partial charge in [-0.3, -0.25) is 4.68 Å². The van der Waals surface area contributed by atoms with Gasteiger partial charge in [0.15, 0.2) is 0 Å². The molecular formula is C12H20N2O. The van der Waals surface area contributed by atoms with Gasteiger partial charge in [-0.2, -0.15) is 5.10 Å². The first-order chi connectivity index (χ1) is 7.16. The third-order valence-corrected chi connectivity index (χ3v) is 3.69. The lowest BCUT2D eigenvalue weighted by molar-refractivity contribution is -0.0596. The zero-order valence-corrected chi connectivity index (χ0v) is 9.61. The van der Waals surface area contributed by atoms with E-state index in [1.807, 2.05) is 19.3 Å². The van der Waals surface area contributed by atoms with Crippen LogP contribution in [0.3, 0.4) is 0 Å². The van der Waals surface area contributed by atoms with Crippen molar-refractivity contribution in [1.82, 2.24) is 9.78 Å². The zero-order valence-electron chi connectivity index (χ0n) is 9.61. The molecule has 1 aliphatic rings. The fraction of sp³-hybridized carbons (Fsp3) is 0.750. The molecule has 1 aliphatic carbocycles. The van der Waals surface area contributed by atoms with Crippen molar-refractivity contribution in [3.8, 4) is 0 Å². The van der Waals surface area contributed by atoms with Gasteiger partial charge in [-0.25, -0.2) is 0 Å². The molecule has 2 unspecified atom stereocenters. The second kappa shape index (κ2) is 3.97. The van der Waals surface area contributed by atoms with Gasteiger partial charge in [-0.05, 0) is 24.8 Å². The number of rotatable bonds is 2. The van der Waals surface area contributed by atoms with Crippen molar-refractivity contribution in [2.24, 2.45) is 13.0 Å². The first-order valence-electron chi connectivity index (χ1n) is 5.89. The molecule has 1 N–H and O–H groups in total. The van der Waals surface area contributed by atoms with Crippen LogP contribution < -0.4 is 0 Å². The van der Waals surface area contributed by atoms with Crippen LogP contribution in [0.5, 0.6) is 0 Å². The Balaban J connectivity index is 2.29. The summed E-state index contributed by atoms with van der Waals surface area (Å²) in [6.45, 7) is 2.16. The third kappa shape index (κ3) is 1.81. The van der Waals surface area contributed by atoms with E-state index in [4.69, 9.17) is 0 Å². The lowest BCUT2D eigenvalue weighted by Crippen LogP contribution is -2.38. The minimum atomic E-state index is -0.672. The minimum absolute atomic E-state index is 0.376. The summed E-state index contributed by atoms with van der Waals surface area (Å²) < 4.78 is 1.77. The Labute approximate surface area is 91.1 Å². The fourth-order valence-electron chi connectivity index (χ4n) is 2.75. The van der Waals surface area contributed by atoms with Crippen molar-refractivity contribution in [1.29, 1.82) is 0 Å². The first-order valence-corrected chi connectivity index (χ1v) is 5.89. The van der Waals surface area contributed by atoms with Gasteiger partial charge in [0.05, 0.1) is 5.69 Å². The molecule has 1 fully saturated rings. The summed E-state index contributed by atoms with van der Waals surface area (Å²) in [6, 6.07) is 1.95. The summed E-state index contributed by atoms with van der Waals surface area (Å²) in [4.78, 5) is 0. The second-order valence-electron chi connectivity index (χ2n) is 4.65. The van der Waals surface area contributed by atoms with Gasteiger partial charge in [0.25, 0.3) is 0 Å². The molecule has 1 aromatic heterocycles. The molecule has 1 heterocycles. The lowest BCUT2D eigenvalue weighted by atomic mass is 9.72. The molecule has 1 aromatic rings. The lowest BCUT2D eigenvalue weighted by Gasteiger charge is -2.38. The fourth-order valence-corrected chi connectivity index (χ4v) is 2.75. The van der Waals surface area contributed by atoms with Gasteiger partial charge in [0.2, 0.25) is 0 Å². The van der Waals surface area contributed by atoms with Crippen LogP contribution in [0.15, 0.2) is 12.3 Å². The van der Waals surface area contributed by atoms with Crippen molar-refractivity contribution >= 4 is 0 Å². The molecule has 0 saturated heterocycles. The van der Waals surface area contributed by atoms with Gasteiger partial charge < -0.3 is 5.11 Å². The van der Waals surface area contributed by atoms with Crippen LogP contribution in [-0.2, 0) is 12.6 Å². The largest absolute Gasteiger partial charge is 0.383 e. The van der Waals surface area contributed by atoms with Crippen LogP contribution in [-0.4, -0.2) is 14.9 Å². The highest BCUT2D eigenvalue weighted by Crippen LogP contribution is 2.42. The van der Waals surface area contributed by atoms with Crippen LogP contribution >= 0.6 is 0 Å². The molecule has 1 saturated carbocycles. The quantitative estimate of drug-likeness (QED) is 0.809. The Morgan fingerprint density at radius 2 is 2.40 bits per heavy atom. The van der Waals surface area contributed by atoms with E-state index in [1.54, 1.807) is 4.68 Å². The van der Waals surface area contributed by atoms with E-state index in [0.717, 1.165) is 31.4 Å². The predicted molar refractivity (Wildman–Crippen MR) is 59.4 cm³/mol. The monoisotopic (exact) mass is 208 g/mol. The molecular weight excluding hydrogens is 188 g/mol. The maximum Gasteiger partial charge on any atom is 0.111 e. The third-order valence-electron chi connectivity index (χ3n) is 3.69.